The van der Waals surface area contributed by atoms with E-state index in [9.17, 15) is 13.2 Å². The lowest BCUT2D eigenvalue weighted by molar-refractivity contribution is -0.137. The number of hydrogen-bond donors (Lipinski definition) is 3. The zero-order chi connectivity index (χ0) is 21.7. The zero-order valence-electron chi connectivity index (χ0n) is 16.1. The molecule has 0 aliphatic rings. The normalized spacial score (nSPS) is 11.1. The molecule has 0 saturated carbocycles. The van der Waals surface area contributed by atoms with Crippen molar-refractivity contribution < 1.29 is 22.6 Å². The molecule has 2 aromatic carbocycles. The molecule has 0 bridgehead atoms. The Morgan fingerprint density at radius 1 is 1.10 bits per heavy atom. The van der Waals surface area contributed by atoms with Crippen molar-refractivity contribution in [3.05, 3.63) is 59.0 Å². The molecule has 0 radical (unpaired) electrons. The number of ether oxygens (including phenoxy) is 2. The van der Waals surface area contributed by atoms with Gasteiger partial charge in [0.2, 0.25) is 0 Å². The van der Waals surface area contributed by atoms with Gasteiger partial charge in [0.1, 0.15) is 11.5 Å². The molecule has 0 aliphatic carbocycles. The van der Waals surface area contributed by atoms with Crippen LogP contribution in [0.3, 0.4) is 0 Å². The summed E-state index contributed by atoms with van der Waals surface area (Å²) in [6.07, 6.45) is -4.42. The molecule has 0 amide bonds. The Kier molecular flexibility index (Phi) is 6.46. The Bertz CT molecular complexity index is 1010. The molecule has 0 atom stereocenters. The molecule has 0 unspecified atom stereocenters. The number of alkyl halides is 3. The lowest BCUT2D eigenvalue weighted by Gasteiger charge is -2.14. The van der Waals surface area contributed by atoms with Crippen LogP contribution in [0.25, 0.3) is 11.3 Å². The number of guanidine groups is 1. The van der Waals surface area contributed by atoms with E-state index < -0.39 is 11.7 Å². The van der Waals surface area contributed by atoms with Crippen LogP contribution >= 0.6 is 11.3 Å². The second kappa shape index (κ2) is 9.04. The van der Waals surface area contributed by atoms with Gasteiger partial charge in [0.15, 0.2) is 11.1 Å². The minimum atomic E-state index is -4.42. The highest BCUT2D eigenvalue weighted by Crippen LogP contribution is 2.33. The van der Waals surface area contributed by atoms with Gasteiger partial charge in [0, 0.05) is 10.9 Å². The third-order valence-electron chi connectivity index (χ3n) is 4.19. The van der Waals surface area contributed by atoms with Crippen molar-refractivity contribution in [2.45, 2.75) is 12.7 Å². The molecule has 3 aromatic rings. The van der Waals surface area contributed by atoms with E-state index in [0.29, 0.717) is 27.9 Å². The molecule has 0 aliphatic heterocycles. The van der Waals surface area contributed by atoms with E-state index >= 15 is 0 Å². The summed E-state index contributed by atoms with van der Waals surface area (Å²) in [6.45, 7) is 0.269. The van der Waals surface area contributed by atoms with Gasteiger partial charge >= 0.3 is 6.18 Å². The minimum absolute atomic E-state index is 0.0205. The maximum atomic E-state index is 12.9. The first-order chi connectivity index (χ1) is 14.3. The molecule has 6 nitrogen and oxygen atoms in total. The Balaban J connectivity index is 1.67. The number of anilines is 1. The number of methoxy groups -OCH3 is 2. The number of aromatic nitrogens is 1. The first-order valence-corrected chi connectivity index (χ1v) is 9.62. The lowest BCUT2D eigenvalue weighted by atomic mass is 10.1. The van der Waals surface area contributed by atoms with Crippen LogP contribution in [-0.2, 0) is 12.7 Å². The fourth-order valence-electron chi connectivity index (χ4n) is 2.75. The Morgan fingerprint density at radius 3 is 2.40 bits per heavy atom. The number of rotatable bonds is 6. The molecule has 30 heavy (non-hydrogen) atoms. The van der Waals surface area contributed by atoms with E-state index in [4.69, 9.17) is 14.9 Å². The Labute approximate surface area is 175 Å². The molecular formula is C20H19F3N4O2S. The Hall–Kier alpha value is -3.27. The van der Waals surface area contributed by atoms with Gasteiger partial charge in [-0.3, -0.25) is 5.41 Å². The highest BCUT2D eigenvalue weighted by molar-refractivity contribution is 7.14. The van der Waals surface area contributed by atoms with Crippen molar-refractivity contribution in [3.8, 4) is 22.8 Å². The van der Waals surface area contributed by atoms with Crippen molar-refractivity contribution in [2.75, 3.05) is 19.5 Å². The summed E-state index contributed by atoms with van der Waals surface area (Å²) in [5.74, 6) is 1.22. The molecule has 1 aromatic heterocycles. The molecule has 1 heterocycles. The molecule has 0 spiro atoms. The third-order valence-corrected chi connectivity index (χ3v) is 4.95. The highest BCUT2D eigenvalue weighted by Gasteiger charge is 2.30. The molecule has 3 N–H and O–H groups in total. The summed E-state index contributed by atoms with van der Waals surface area (Å²) in [7, 11) is 3.10. The summed E-state index contributed by atoms with van der Waals surface area (Å²) in [5, 5.41) is 15.8. The predicted octanol–water partition coefficient (Wildman–Crippen LogP) is 4.98. The van der Waals surface area contributed by atoms with Crippen LogP contribution < -0.4 is 20.1 Å². The van der Waals surface area contributed by atoms with E-state index in [0.717, 1.165) is 17.7 Å². The van der Waals surface area contributed by atoms with Gasteiger partial charge in [-0.15, -0.1) is 11.3 Å². The van der Waals surface area contributed by atoms with Crippen molar-refractivity contribution in [1.29, 1.82) is 5.41 Å². The van der Waals surface area contributed by atoms with Crippen molar-refractivity contribution in [1.82, 2.24) is 10.3 Å². The van der Waals surface area contributed by atoms with Gasteiger partial charge in [0.25, 0.3) is 0 Å². The van der Waals surface area contributed by atoms with Crippen LogP contribution in [0.5, 0.6) is 11.5 Å². The van der Waals surface area contributed by atoms with Gasteiger partial charge in [-0.2, -0.15) is 13.2 Å². The molecule has 0 saturated heterocycles. The first kappa shape index (κ1) is 21.4. The smallest absolute Gasteiger partial charge is 0.416 e. The van der Waals surface area contributed by atoms with Crippen LogP contribution in [0.2, 0.25) is 0 Å². The highest BCUT2D eigenvalue weighted by atomic mass is 32.1. The molecule has 10 heteroatoms. The van der Waals surface area contributed by atoms with Gasteiger partial charge < -0.3 is 20.1 Å². The zero-order valence-corrected chi connectivity index (χ0v) is 16.9. The number of nitrogens with one attached hydrogen (secondary N) is 3. The van der Waals surface area contributed by atoms with Crippen molar-refractivity contribution in [3.63, 3.8) is 0 Å². The van der Waals surface area contributed by atoms with Gasteiger partial charge in [-0.1, -0.05) is 18.2 Å². The van der Waals surface area contributed by atoms with E-state index in [2.05, 4.69) is 15.6 Å². The summed E-state index contributed by atoms with van der Waals surface area (Å²) < 4.78 is 49.4. The second-order valence-corrected chi connectivity index (χ2v) is 6.97. The average Bonchev–Trinajstić information content (AvgIpc) is 3.19. The van der Waals surface area contributed by atoms with E-state index in [-0.39, 0.29) is 12.5 Å². The molecular weight excluding hydrogens is 417 g/mol. The van der Waals surface area contributed by atoms with Crippen molar-refractivity contribution in [2.24, 2.45) is 0 Å². The number of nitrogens with zero attached hydrogens (tertiary/aromatic N) is 1. The number of hydrogen-bond acceptors (Lipinski definition) is 5. The van der Waals surface area contributed by atoms with E-state index in [1.807, 2.05) is 0 Å². The SMILES string of the molecule is COc1cccc(OC)c1CNC(=N)Nc1nc(-c2cccc(C(F)(F)F)c2)cs1. The lowest BCUT2D eigenvalue weighted by Crippen LogP contribution is -2.29. The standard InChI is InChI=1S/C20H19F3N4O2S/c1-28-16-7-4-8-17(29-2)14(16)10-25-18(24)27-19-26-15(11-30-19)12-5-3-6-13(9-12)20(21,22)23/h3-9,11H,10H2,1-2H3,(H3,24,25,26,27). The van der Waals surface area contributed by atoms with Crippen LogP contribution in [0, 0.1) is 5.41 Å². The topological polar surface area (TPSA) is 79.3 Å². The molecule has 0 fully saturated rings. The van der Waals surface area contributed by atoms with Gasteiger partial charge in [0.05, 0.1) is 37.6 Å². The monoisotopic (exact) mass is 436 g/mol. The number of halogens is 3. The average molecular weight is 436 g/mol. The summed E-state index contributed by atoms with van der Waals surface area (Å²) >= 11 is 1.19. The maximum Gasteiger partial charge on any atom is 0.416 e. The van der Waals surface area contributed by atoms with Crippen LogP contribution in [0.1, 0.15) is 11.1 Å². The quantitative estimate of drug-likeness (QED) is 0.375. The molecule has 158 valence electrons. The fourth-order valence-corrected chi connectivity index (χ4v) is 3.47. The molecule has 3 rings (SSSR count). The van der Waals surface area contributed by atoms with E-state index in [1.165, 1.54) is 17.4 Å². The first-order valence-electron chi connectivity index (χ1n) is 8.74. The largest absolute Gasteiger partial charge is 0.496 e. The van der Waals surface area contributed by atoms with Crippen LogP contribution in [0.4, 0.5) is 18.3 Å². The second-order valence-electron chi connectivity index (χ2n) is 6.11. The maximum absolute atomic E-state index is 12.9. The number of benzene rings is 2. The van der Waals surface area contributed by atoms with E-state index in [1.54, 1.807) is 43.9 Å². The predicted molar refractivity (Wildman–Crippen MR) is 110 cm³/mol. The van der Waals surface area contributed by atoms with Gasteiger partial charge in [-0.05, 0) is 24.3 Å². The Morgan fingerprint density at radius 2 is 1.77 bits per heavy atom. The van der Waals surface area contributed by atoms with Crippen LogP contribution in [0.15, 0.2) is 47.8 Å². The summed E-state index contributed by atoms with van der Waals surface area (Å²) in [6, 6.07) is 10.4. The number of thiazole rings is 1. The third kappa shape index (κ3) is 5.01. The summed E-state index contributed by atoms with van der Waals surface area (Å²) in [5.41, 5.74) is 0.765. The van der Waals surface area contributed by atoms with Gasteiger partial charge in [-0.25, -0.2) is 4.98 Å². The van der Waals surface area contributed by atoms with Crippen LogP contribution in [-0.4, -0.2) is 25.2 Å². The summed E-state index contributed by atoms with van der Waals surface area (Å²) in [4.78, 5) is 4.28. The van der Waals surface area contributed by atoms with Crippen molar-refractivity contribution >= 4 is 22.4 Å². The fraction of sp³-hybridized carbons (Fsp3) is 0.200. The minimum Gasteiger partial charge on any atom is -0.496 e.